The largest absolute Gasteiger partial charge is 0.333 e. The molecule has 1 unspecified atom stereocenters. The molecule has 0 saturated carbocycles. The van der Waals surface area contributed by atoms with Crippen LogP contribution in [-0.2, 0) is 6.54 Å². The van der Waals surface area contributed by atoms with Crippen molar-refractivity contribution in [1.82, 2.24) is 9.55 Å². The molecule has 0 fully saturated rings. The fourth-order valence-corrected chi connectivity index (χ4v) is 2.08. The summed E-state index contributed by atoms with van der Waals surface area (Å²) in [4.78, 5) is 4.25. The van der Waals surface area contributed by atoms with Crippen LogP contribution in [0.25, 0.3) is 0 Å². The lowest BCUT2D eigenvalue weighted by Gasteiger charge is -2.15. The van der Waals surface area contributed by atoms with Gasteiger partial charge < -0.3 is 10.3 Å². The zero-order valence-electron chi connectivity index (χ0n) is 10.7. The predicted molar refractivity (Wildman–Crippen MR) is 69.7 cm³/mol. The second-order valence-corrected chi connectivity index (χ2v) is 4.43. The van der Waals surface area contributed by atoms with Crippen molar-refractivity contribution >= 4 is 0 Å². The molecule has 2 N–H and O–H groups in total. The van der Waals surface area contributed by atoms with Crippen LogP contribution in [0.2, 0.25) is 0 Å². The molecule has 0 radical (unpaired) electrons. The van der Waals surface area contributed by atoms with Gasteiger partial charge in [0.1, 0.15) is 11.6 Å². The smallest absolute Gasteiger partial charge is 0.131 e. The van der Waals surface area contributed by atoms with Crippen molar-refractivity contribution in [3.05, 3.63) is 53.4 Å². The van der Waals surface area contributed by atoms with E-state index < -0.39 is 6.04 Å². The van der Waals surface area contributed by atoms with E-state index in [2.05, 4.69) is 11.9 Å². The highest BCUT2D eigenvalue weighted by Crippen LogP contribution is 2.23. The highest BCUT2D eigenvalue weighted by molar-refractivity contribution is 5.31. The van der Waals surface area contributed by atoms with Crippen LogP contribution < -0.4 is 5.73 Å². The number of benzene rings is 1. The van der Waals surface area contributed by atoms with Gasteiger partial charge in [-0.3, -0.25) is 0 Å². The summed E-state index contributed by atoms with van der Waals surface area (Å²) < 4.78 is 16.0. The first-order chi connectivity index (χ1) is 8.65. The molecule has 3 nitrogen and oxygen atoms in total. The van der Waals surface area contributed by atoms with Gasteiger partial charge in [0.05, 0.1) is 6.04 Å². The molecule has 0 aliphatic carbocycles. The maximum Gasteiger partial charge on any atom is 0.131 e. The Balaban J connectivity index is 2.38. The van der Waals surface area contributed by atoms with Crippen LogP contribution in [0.3, 0.4) is 0 Å². The van der Waals surface area contributed by atoms with E-state index >= 15 is 0 Å². The number of rotatable bonds is 4. The molecular weight excluding hydrogens is 229 g/mol. The summed E-state index contributed by atoms with van der Waals surface area (Å²) in [6, 6.07) is 4.76. The Morgan fingerprint density at radius 3 is 2.94 bits per heavy atom. The summed E-state index contributed by atoms with van der Waals surface area (Å²) in [7, 11) is 0. The molecule has 4 heteroatoms. The molecular formula is C14H18FN3. The molecule has 0 aliphatic rings. The minimum Gasteiger partial charge on any atom is -0.333 e. The van der Waals surface area contributed by atoms with E-state index in [1.165, 1.54) is 0 Å². The van der Waals surface area contributed by atoms with E-state index in [-0.39, 0.29) is 5.82 Å². The normalized spacial score (nSPS) is 12.7. The molecule has 1 heterocycles. The Labute approximate surface area is 106 Å². The SMILES string of the molecule is CCCn1ccnc1C(N)c1cccc(C)c1F. The van der Waals surface area contributed by atoms with Crippen LogP contribution in [0.15, 0.2) is 30.6 Å². The lowest BCUT2D eigenvalue weighted by Crippen LogP contribution is -2.19. The summed E-state index contributed by atoms with van der Waals surface area (Å²) in [6.45, 7) is 4.67. The molecule has 2 rings (SSSR count). The van der Waals surface area contributed by atoms with Crippen molar-refractivity contribution < 1.29 is 4.39 Å². The predicted octanol–water partition coefficient (Wildman–Crippen LogP) is 2.79. The Morgan fingerprint density at radius 2 is 2.22 bits per heavy atom. The molecule has 1 aromatic carbocycles. The van der Waals surface area contributed by atoms with E-state index in [0.717, 1.165) is 13.0 Å². The van der Waals surface area contributed by atoms with E-state index in [1.807, 2.05) is 16.8 Å². The molecule has 0 amide bonds. The van der Waals surface area contributed by atoms with Gasteiger partial charge in [-0.1, -0.05) is 25.1 Å². The van der Waals surface area contributed by atoms with Crippen molar-refractivity contribution in [3.63, 3.8) is 0 Å². The molecule has 0 saturated heterocycles. The third kappa shape index (κ3) is 2.29. The van der Waals surface area contributed by atoms with E-state index in [1.54, 1.807) is 25.3 Å². The minimum atomic E-state index is -0.522. The van der Waals surface area contributed by atoms with Crippen LogP contribution in [-0.4, -0.2) is 9.55 Å². The van der Waals surface area contributed by atoms with Crippen LogP contribution in [0.5, 0.6) is 0 Å². The third-order valence-corrected chi connectivity index (χ3v) is 3.05. The van der Waals surface area contributed by atoms with Gasteiger partial charge >= 0.3 is 0 Å². The summed E-state index contributed by atoms with van der Waals surface area (Å²) in [5.74, 6) is 0.470. The Morgan fingerprint density at radius 1 is 1.44 bits per heavy atom. The monoisotopic (exact) mass is 247 g/mol. The van der Waals surface area contributed by atoms with Crippen LogP contribution in [0, 0.1) is 12.7 Å². The topological polar surface area (TPSA) is 43.8 Å². The number of nitrogens with zero attached hydrogens (tertiary/aromatic N) is 2. The molecule has 1 aromatic heterocycles. The van der Waals surface area contributed by atoms with Gasteiger partial charge in [-0.15, -0.1) is 0 Å². The molecule has 2 aromatic rings. The van der Waals surface area contributed by atoms with Gasteiger partial charge in [-0.2, -0.15) is 0 Å². The number of halogens is 1. The van der Waals surface area contributed by atoms with E-state index in [0.29, 0.717) is 17.0 Å². The quantitative estimate of drug-likeness (QED) is 0.902. The number of hydrogen-bond acceptors (Lipinski definition) is 2. The fraction of sp³-hybridized carbons (Fsp3) is 0.357. The van der Waals surface area contributed by atoms with Gasteiger partial charge in [0.2, 0.25) is 0 Å². The van der Waals surface area contributed by atoms with Gasteiger partial charge in [-0.05, 0) is 18.9 Å². The standard InChI is InChI=1S/C14H18FN3/c1-3-8-18-9-7-17-14(18)13(16)11-6-4-5-10(2)12(11)15/h4-7,9,13H,3,8,16H2,1-2H3. The minimum absolute atomic E-state index is 0.240. The number of aryl methyl sites for hydroxylation is 2. The average Bonchev–Trinajstić information content (AvgIpc) is 2.80. The lowest BCUT2D eigenvalue weighted by atomic mass is 10.0. The molecule has 0 aliphatic heterocycles. The first kappa shape index (κ1) is 12.8. The second kappa shape index (κ2) is 5.31. The van der Waals surface area contributed by atoms with Gasteiger partial charge in [0, 0.05) is 24.5 Å². The Bertz CT molecular complexity index is 534. The second-order valence-electron chi connectivity index (χ2n) is 4.43. The number of nitrogens with two attached hydrogens (primary N) is 1. The zero-order chi connectivity index (χ0) is 13.1. The van der Waals surface area contributed by atoms with Crippen molar-refractivity contribution in [3.8, 4) is 0 Å². The van der Waals surface area contributed by atoms with E-state index in [9.17, 15) is 4.39 Å². The summed E-state index contributed by atoms with van der Waals surface area (Å²) in [6.07, 6.45) is 4.58. The van der Waals surface area contributed by atoms with Crippen LogP contribution in [0.1, 0.15) is 36.3 Å². The maximum absolute atomic E-state index is 14.0. The van der Waals surface area contributed by atoms with Crippen molar-refractivity contribution in [1.29, 1.82) is 0 Å². The molecule has 18 heavy (non-hydrogen) atoms. The van der Waals surface area contributed by atoms with Crippen molar-refractivity contribution in [2.75, 3.05) is 0 Å². The number of aromatic nitrogens is 2. The fourth-order valence-electron chi connectivity index (χ4n) is 2.08. The number of imidazole rings is 1. The summed E-state index contributed by atoms with van der Waals surface area (Å²) in [5, 5.41) is 0. The zero-order valence-corrected chi connectivity index (χ0v) is 10.7. The molecule has 1 atom stereocenters. The molecule has 0 spiro atoms. The molecule has 0 bridgehead atoms. The number of hydrogen-bond donors (Lipinski definition) is 1. The molecule has 96 valence electrons. The van der Waals surface area contributed by atoms with Gasteiger partial charge in [-0.25, -0.2) is 9.37 Å². The van der Waals surface area contributed by atoms with Crippen LogP contribution >= 0.6 is 0 Å². The maximum atomic E-state index is 14.0. The van der Waals surface area contributed by atoms with Crippen molar-refractivity contribution in [2.45, 2.75) is 32.9 Å². The summed E-state index contributed by atoms with van der Waals surface area (Å²) >= 11 is 0. The first-order valence-corrected chi connectivity index (χ1v) is 6.16. The lowest BCUT2D eigenvalue weighted by molar-refractivity contribution is 0.566. The van der Waals surface area contributed by atoms with Gasteiger partial charge in [0.25, 0.3) is 0 Å². The van der Waals surface area contributed by atoms with Crippen LogP contribution in [0.4, 0.5) is 4.39 Å². The average molecular weight is 247 g/mol. The van der Waals surface area contributed by atoms with Crippen molar-refractivity contribution in [2.24, 2.45) is 5.73 Å². The Hall–Kier alpha value is -1.68. The highest BCUT2D eigenvalue weighted by atomic mass is 19.1. The van der Waals surface area contributed by atoms with Gasteiger partial charge in [0.15, 0.2) is 0 Å². The third-order valence-electron chi connectivity index (χ3n) is 3.05. The Kier molecular flexibility index (Phi) is 3.77. The summed E-state index contributed by atoms with van der Waals surface area (Å²) in [5.41, 5.74) is 7.24. The highest BCUT2D eigenvalue weighted by Gasteiger charge is 2.18. The van der Waals surface area contributed by atoms with E-state index in [4.69, 9.17) is 5.73 Å². The first-order valence-electron chi connectivity index (χ1n) is 6.16.